The van der Waals surface area contributed by atoms with Crippen LogP contribution in [0.2, 0.25) is 0 Å². The number of hydrogen-bond acceptors (Lipinski definition) is 6. The standard InChI is InChI=1S/C38H74N2O5/c1-3-5-7-9-11-13-15-17-19-21-25-29-37(42)44-34-32-40(36(41)28-24-23-27-31-39)33-35-45-38(43)30-26-22-20-18-16-14-12-10-8-6-4-2/h3-35,39H2,1-2H3. The van der Waals surface area contributed by atoms with Crippen LogP contribution in [0, 0.1) is 0 Å². The highest BCUT2D eigenvalue weighted by molar-refractivity contribution is 5.76. The highest BCUT2D eigenvalue weighted by Gasteiger charge is 2.15. The molecule has 0 saturated carbocycles. The molecule has 0 aliphatic rings. The minimum Gasteiger partial charge on any atom is -0.464 e. The zero-order valence-electron chi connectivity index (χ0n) is 29.9. The van der Waals surface area contributed by atoms with Gasteiger partial charge in [0.05, 0.1) is 13.1 Å². The predicted molar refractivity (Wildman–Crippen MR) is 188 cm³/mol. The van der Waals surface area contributed by atoms with Crippen molar-refractivity contribution in [3.8, 4) is 0 Å². The predicted octanol–water partition coefficient (Wildman–Crippen LogP) is 9.82. The molecule has 0 aromatic heterocycles. The molecule has 0 aromatic carbocycles. The molecule has 0 aromatic rings. The third kappa shape index (κ3) is 32.1. The average molecular weight is 639 g/mol. The number of amides is 1. The van der Waals surface area contributed by atoms with Crippen molar-refractivity contribution in [3.63, 3.8) is 0 Å². The number of rotatable bonds is 35. The van der Waals surface area contributed by atoms with Gasteiger partial charge in [0.2, 0.25) is 5.91 Å². The zero-order valence-corrected chi connectivity index (χ0v) is 29.9. The maximum atomic E-state index is 12.8. The van der Waals surface area contributed by atoms with E-state index in [1.807, 2.05) is 0 Å². The largest absolute Gasteiger partial charge is 0.464 e. The Labute approximate surface area is 278 Å². The first kappa shape index (κ1) is 43.4. The van der Waals surface area contributed by atoms with Crippen LogP contribution < -0.4 is 5.73 Å². The van der Waals surface area contributed by atoms with Crippen LogP contribution in [0.15, 0.2) is 0 Å². The Morgan fingerprint density at radius 1 is 0.444 bits per heavy atom. The van der Waals surface area contributed by atoms with Gasteiger partial charge in [-0.3, -0.25) is 14.4 Å². The molecule has 0 unspecified atom stereocenters. The normalized spacial score (nSPS) is 11.1. The van der Waals surface area contributed by atoms with Crippen LogP contribution in [0.4, 0.5) is 0 Å². The second-order valence-corrected chi connectivity index (χ2v) is 13.0. The molecule has 7 nitrogen and oxygen atoms in total. The molecule has 0 atom stereocenters. The van der Waals surface area contributed by atoms with Crippen molar-refractivity contribution in [1.82, 2.24) is 4.90 Å². The summed E-state index contributed by atoms with van der Waals surface area (Å²) in [6.45, 7) is 6.14. The number of ether oxygens (including phenoxy) is 2. The molecular formula is C38H74N2O5. The van der Waals surface area contributed by atoms with E-state index in [1.54, 1.807) is 4.90 Å². The highest BCUT2D eigenvalue weighted by Crippen LogP contribution is 2.14. The number of hydrogen-bond donors (Lipinski definition) is 1. The first-order valence-corrected chi connectivity index (χ1v) is 19.3. The molecule has 0 aliphatic carbocycles. The quantitative estimate of drug-likeness (QED) is 0.0548. The summed E-state index contributed by atoms with van der Waals surface area (Å²) in [4.78, 5) is 39.0. The van der Waals surface area contributed by atoms with E-state index in [0.717, 1.165) is 44.9 Å². The van der Waals surface area contributed by atoms with Crippen LogP contribution in [0.5, 0.6) is 0 Å². The van der Waals surface area contributed by atoms with Gasteiger partial charge in [0.15, 0.2) is 0 Å². The number of carbonyl (C=O) groups excluding carboxylic acids is 3. The van der Waals surface area contributed by atoms with Gasteiger partial charge >= 0.3 is 11.9 Å². The van der Waals surface area contributed by atoms with Gasteiger partial charge in [-0.15, -0.1) is 0 Å². The smallest absolute Gasteiger partial charge is 0.305 e. The van der Waals surface area contributed by atoms with Crippen molar-refractivity contribution < 1.29 is 23.9 Å². The van der Waals surface area contributed by atoms with Gasteiger partial charge in [0, 0.05) is 19.3 Å². The first-order valence-electron chi connectivity index (χ1n) is 19.3. The molecule has 0 aliphatic heterocycles. The molecule has 0 bridgehead atoms. The van der Waals surface area contributed by atoms with E-state index >= 15 is 0 Å². The van der Waals surface area contributed by atoms with E-state index in [-0.39, 0.29) is 31.1 Å². The molecule has 0 radical (unpaired) electrons. The highest BCUT2D eigenvalue weighted by atomic mass is 16.5. The number of carbonyl (C=O) groups is 3. The van der Waals surface area contributed by atoms with Crippen LogP contribution in [0.25, 0.3) is 0 Å². The Hall–Kier alpha value is -1.63. The fraction of sp³-hybridized carbons (Fsp3) is 0.921. The summed E-state index contributed by atoms with van der Waals surface area (Å²) in [5, 5.41) is 0. The molecule has 266 valence electrons. The Morgan fingerprint density at radius 3 is 1.11 bits per heavy atom. The lowest BCUT2D eigenvalue weighted by Crippen LogP contribution is -2.37. The monoisotopic (exact) mass is 639 g/mol. The second-order valence-electron chi connectivity index (χ2n) is 13.0. The van der Waals surface area contributed by atoms with Gasteiger partial charge in [0.25, 0.3) is 0 Å². The SMILES string of the molecule is CCCCCCCCCCCCCC(=O)OCCN(CCOC(=O)CCCCCCCCCCCCC)C(=O)CCCCCN. The summed E-state index contributed by atoms with van der Waals surface area (Å²) in [6, 6.07) is 0. The van der Waals surface area contributed by atoms with Gasteiger partial charge in [0.1, 0.15) is 13.2 Å². The van der Waals surface area contributed by atoms with E-state index in [0.29, 0.717) is 38.9 Å². The topological polar surface area (TPSA) is 98.9 Å². The van der Waals surface area contributed by atoms with Crippen molar-refractivity contribution in [2.24, 2.45) is 5.73 Å². The molecule has 0 heterocycles. The van der Waals surface area contributed by atoms with Crippen LogP contribution in [-0.4, -0.2) is 55.6 Å². The Morgan fingerprint density at radius 2 is 0.756 bits per heavy atom. The van der Waals surface area contributed by atoms with Crippen molar-refractivity contribution in [1.29, 1.82) is 0 Å². The maximum absolute atomic E-state index is 12.8. The van der Waals surface area contributed by atoms with Crippen LogP contribution in [0.3, 0.4) is 0 Å². The first-order chi connectivity index (χ1) is 22.0. The fourth-order valence-electron chi connectivity index (χ4n) is 5.67. The second kappa shape index (κ2) is 35.2. The summed E-state index contributed by atoms with van der Waals surface area (Å²) in [6.07, 6.45) is 31.3. The lowest BCUT2D eigenvalue weighted by Gasteiger charge is -2.22. The van der Waals surface area contributed by atoms with Crippen LogP contribution in [-0.2, 0) is 23.9 Å². The minimum absolute atomic E-state index is 0.00912. The van der Waals surface area contributed by atoms with Gasteiger partial charge in [-0.05, 0) is 32.2 Å². The third-order valence-corrected chi connectivity index (χ3v) is 8.66. The summed E-state index contributed by atoms with van der Waals surface area (Å²) < 4.78 is 10.9. The van der Waals surface area contributed by atoms with Crippen molar-refractivity contribution in [2.75, 3.05) is 32.8 Å². The maximum Gasteiger partial charge on any atom is 0.305 e. The van der Waals surface area contributed by atoms with Gasteiger partial charge in [-0.2, -0.15) is 0 Å². The minimum atomic E-state index is -0.195. The molecule has 45 heavy (non-hydrogen) atoms. The molecular weight excluding hydrogens is 564 g/mol. The molecule has 0 saturated heterocycles. The van der Waals surface area contributed by atoms with E-state index in [9.17, 15) is 14.4 Å². The van der Waals surface area contributed by atoms with E-state index in [2.05, 4.69) is 13.8 Å². The third-order valence-electron chi connectivity index (χ3n) is 8.66. The van der Waals surface area contributed by atoms with Crippen molar-refractivity contribution >= 4 is 17.8 Å². The number of nitrogens with zero attached hydrogens (tertiary/aromatic N) is 1. The number of unbranched alkanes of at least 4 members (excludes halogenated alkanes) is 22. The number of esters is 2. The summed E-state index contributed by atoms with van der Waals surface area (Å²) >= 11 is 0. The molecule has 0 spiro atoms. The molecule has 0 fully saturated rings. The van der Waals surface area contributed by atoms with E-state index in [4.69, 9.17) is 15.2 Å². The molecule has 0 rings (SSSR count). The summed E-state index contributed by atoms with van der Waals surface area (Å²) in [5.74, 6) is -0.380. The average Bonchev–Trinajstić information content (AvgIpc) is 3.03. The zero-order chi connectivity index (χ0) is 33.1. The molecule has 7 heteroatoms. The van der Waals surface area contributed by atoms with Gasteiger partial charge in [-0.1, -0.05) is 149 Å². The molecule has 2 N–H and O–H groups in total. The van der Waals surface area contributed by atoms with E-state index in [1.165, 1.54) is 116 Å². The summed E-state index contributed by atoms with van der Waals surface area (Å²) in [7, 11) is 0. The fourth-order valence-corrected chi connectivity index (χ4v) is 5.67. The van der Waals surface area contributed by atoms with E-state index < -0.39 is 0 Å². The Kier molecular flexibility index (Phi) is 34.0. The molecule has 1 amide bonds. The number of nitrogens with two attached hydrogens (primary N) is 1. The van der Waals surface area contributed by atoms with Gasteiger partial charge in [-0.25, -0.2) is 0 Å². The van der Waals surface area contributed by atoms with Gasteiger partial charge < -0.3 is 20.1 Å². The van der Waals surface area contributed by atoms with Crippen LogP contribution in [0.1, 0.15) is 194 Å². The lowest BCUT2D eigenvalue weighted by molar-refractivity contribution is -0.147. The Balaban J connectivity index is 4.09. The van der Waals surface area contributed by atoms with Crippen molar-refractivity contribution in [3.05, 3.63) is 0 Å². The van der Waals surface area contributed by atoms with Crippen molar-refractivity contribution in [2.45, 2.75) is 194 Å². The van der Waals surface area contributed by atoms with Crippen LogP contribution >= 0.6 is 0 Å². The lowest BCUT2D eigenvalue weighted by atomic mass is 10.1. The summed E-state index contributed by atoms with van der Waals surface area (Å²) in [5.41, 5.74) is 5.58. The Bertz CT molecular complexity index is 629.